The van der Waals surface area contributed by atoms with Gasteiger partial charge >= 0.3 is 0 Å². The van der Waals surface area contributed by atoms with Crippen LogP contribution in [0.3, 0.4) is 0 Å². The highest BCUT2D eigenvalue weighted by Gasteiger charge is 2.42. The van der Waals surface area contributed by atoms with Crippen molar-refractivity contribution in [3.8, 4) is 5.75 Å². The second kappa shape index (κ2) is 9.40. The number of hydrogen-bond donors (Lipinski definition) is 0. The van der Waals surface area contributed by atoms with E-state index in [1.165, 1.54) is 0 Å². The number of aryl methyl sites for hydroxylation is 2. The summed E-state index contributed by atoms with van der Waals surface area (Å²) in [5.41, 5.74) is 3.64. The third kappa shape index (κ3) is 4.15. The first-order valence-electron chi connectivity index (χ1n) is 11.6. The summed E-state index contributed by atoms with van der Waals surface area (Å²) in [6.07, 6.45) is 0.813. The molecular formula is C27H32N2O4. The molecule has 0 saturated carbocycles. The van der Waals surface area contributed by atoms with Crippen LogP contribution in [0.25, 0.3) is 11.0 Å². The molecule has 6 heteroatoms. The van der Waals surface area contributed by atoms with Crippen LogP contribution in [0.5, 0.6) is 5.75 Å². The van der Waals surface area contributed by atoms with Crippen LogP contribution in [0.2, 0.25) is 0 Å². The third-order valence-electron chi connectivity index (χ3n) is 6.76. The average Bonchev–Trinajstić information content (AvgIpc) is 3.10. The molecule has 0 unspecified atom stereocenters. The summed E-state index contributed by atoms with van der Waals surface area (Å²) in [5.74, 6) is 0.620. The number of nitrogens with zero attached hydrogens (tertiary/aromatic N) is 2. The number of rotatable bonds is 8. The van der Waals surface area contributed by atoms with Crippen molar-refractivity contribution in [2.45, 2.75) is 40.2 Å². The van der Waals surface area contributed by atoms with Gasteiger partial charge in [-0.3, -0.25) is 9.59 Å². The van der Waals surface area contributed by atoms with Gasteiger partial charge in [-0.1, -0.05) is 26.0 Å². The summed E-state index contributed by atoms with van der Waals surface area (Å²) in [6.45, 7) is 11.6. The molecule has 6 nitrogen and oxygen atoms in total. The molecule has 2 aromatic carbocycles. The quantitative estimate of drug-likeness (QED) is 0.500. The molecule has 3 aromatic rings. The van der Waals surface area contributed by atoms with E-state index in [9.17, 15) is 9.59 Å². The van der Waals surface area contributed by atoms with E-state index in [0.29, 0.717) is 28.8 Å². The van der Waals surface area contributed by atoms with Crippen molar-refractivity contribution in [2.24, 2.45) is 0 Å². The Hall–Kier alpha value is -3.12. The van der Waals surface area contributed by atoms with Gasteiger partial charge in [0.1, 0.15) is 11.3 Å². The molecule has 0 N–H and O–H groups in total. The Bertz CT molecular complexity index is 1240. The monoisotopic (exact) mass is 448 g/mol. The van der Waals surface area contributed by atoms with Crippen molar-refractivity contribution in [3.05, 3.63) is 74.6 Å². The highest BCUT2D eigenvalue weighted by molar-refractivity contribution is 5.99. The van der Waals surface area contributed by atoms with Gasteiger partial charge in [0.25, 0.3) is 5.91 Å². The molecule has 1 aliphatic rings. The van der Waals surface area contributed by atoms with E-state index in [4.69, 9.17) is 9.15 Å². The normalized spacial score (nSPS) is 15.5. The highest BCUT2D eigenvalue weighted by atomic mass is 16.5. The number of methoxy groups -OCH3 is 1. The van der Waals surface area contributed by atoms with E-state index >= 15 is 0 Å². The first-order valence-corrected chi connectivity index (χ1v) is 11.6. The molecule has 0 spiro atoms. The Kier molecular flexibility index (Phi) is 6.56. The Morgan fingerprint density at radius 3 is 2.48 bits per heavy atom. The largest absolute Gasteiger partial charge is 0.497 e. The van der Waals surface area contributed by atoms with Crippen LogP contribution >= 0.6 is 0 Å². The van der Waals surface area contributed by atoms with E-state index < -0.39 is 6.04 Å². The van der Waals surface area contributed by atoms with Crippen LogP contribution in [0.1, 0.15) is 59.1 Å². The van der Waals surface area contributed by atoms with Crippen molar-refractivity contribution in [3.63, 3.8) is 0 Å². The summed E-state index contributed by atoms with van der Waals surface area (Å²) in [5, 5.41) is 0.516. The van der Waals surface area contributed by atoms with Crippen LogP contribution in [0.15, 0.2) is 45.6 Å². The maximum absolute atomic E-state index is 13.7. The van der Waals surface area contributed by atoms with E-state index in [1.807, 2.05) is 50.2 Å². The minimum Gasteiger partial charge on any atom is -0.497 e. The van der Waals surface area contributed by atoms with Gasteiger partial charge in [0.2, 0.25) is 5.76 Å². The maximum Gasteiger partial charge on any atom is 0.290 e. The van der Waals surface area contributed by atoms with Gasteiger partial charge in [0, 0.05) is 6.54 Å². The molecular weight excluding hydrogens is 416 g/mol. The lowest BCUT2D eigenvalue weighted by Gasteiger charge is -2.27. The second-order valence-corrected chi connectivity index (χ2v) is 8.66. The molecule has 1 atom stereocenters. The fraction of sp³-hybridized carbons (Fsp3) is 0.407. The average molecular weight is 449 g/mol. The van der Waals surface area contributed by atoms with Gasteiger partial charge in [-0.2, -0.15) is 0 Å². The van der Waals surface area contributed by atoms with Crippen molar-refractivity contribution in [1.29, 1.82) is 0 Å². The lowest BCUT2D eigenvalue weighted by Crippen LogP contribution is -2.33. The van der Waals surface area contributed by atoms with Crippen LogP contribution in [-0.4, -0.2) is 49.0 Å². The van der Waals surface area contributed by atoms with Crippen LogP contribution in [-0.2, 0) is 0 Å². The predicted octanol–water partition coefficient (Wildman–Crippen LogP) is 4.70. The number of fused-ring (bicyclic) bond motifs is 2. The number of ether oxygens (including phenoxy) is 1. The first-order chi connectivity index (χ1) is 15.9. The van der Waals surface area contributed by atoms with Gasteiger partial charge in [0.15, 0.2) is 5.43 Å². The molecule has 4 rings (SSSR count). The standard InChI is InChI=1S/C27H32N2O4/c1-6-28(7-2)12-9-13-29-24(19-10-8-11-20(16-19)32-5)23-25(30)21-14-17(3)18(4)15-22(21)33-26(23)27(29)31/h8,10-11,14-16,24H,6-7,9,12-13H2,1-5H3/t24-/m1/s1. The molecule has 2 heterocycles. The Morgan fingerprint density at radius 1 is 1.06 bits per heavy atom. The number of hydrogen-bond acceptors (Lipinski definition) is 5. The number of amides is 1. The van der Waals surface area contributed by atoms with E-state index in [0.717, 1.165) is 42.7 Å². The molecule has 0 fully saturated rings. The molecule has 1 aliphatic heterocycles. The van der Waals surface area contributed by atoms with E-state index in [-0.39, 0.29) is 17.1 Å². The topological polar surface area (TPSA) is 63.0 Å². The zero-order valence-corrected chi connectivity index (χ0v) is 20.1. The fourth-order valence-corrected chi connectivity index (χ4v) is 4.67. The smallest absolute Gasteiger partial charge is 0.290 e. The SMILES string of the molecule is CCN(CC)CCCN1C(=O)c2oc3cc(C)c(C)cc3c(=O)c2[C@H]1c1cccc(OC)c1. The van der Waals surface area contributed by atoms with Gasteiger partial charge in [0.05, 0.1) is 24.1 Å². The first kappa shape index (κ1) is 23.1. The zero-order chi connectivity index (χ0) is 23.7. The summed E-state index contributed by atoms with van der Waals surface area (Å²) in [4.78, 5) is 31.4. The van der Waals surface area contributed by atoms with Gasteiger partial charge in [-0.15, -0.1) is 0 Å². The lowest BCUT2D eigenvalue weighted by molar-refractivity contribution is 0.0720. The predicted molar refractivity (Wildman–Crippen MR) is 130 cm³/mol. The molecule has 0 saturated heterocycles. The molecule has 1 amide bonds. The van der Waals surface area contributed by atoms with E-state index in [1.54, 1.807) is 12.0 Å². The van der Waals surface area contributed by atoms with Crippen molar-refractivity contribution < 1.29 is 13.9 Å². The summed E-state index contributed by atoms with van der Waals surface area (Å²) in [6, 6.07) is 10.8. The zero-order valence-electron chi connectivity index (χ0n) is 20.1. The van der Waals surface area contributed by atoms with Crippen LogP contribution in [0.4, 0.5) is 0 Å². The van der Waals surface area contributed by atoms with Crippen molar-refractivity contribution in [2.75, 3.05) is 33.3 Å². The van der Waals surface area contributed by atoms with Gasteiger partial charge < -0.3 is 19.0 Å². The maximum atomic E-state index is 13.7. The molecule has 1 aromatic heterocycles. The molecule has 0 radical (unpaired) electrons. The molecule has 33 heavy (non-hydrogen) atoms. The number of benzene rings is 2. The van der Waals surface area contributed by atoms with Gasteiger partial charge in [-0.05, 0) is 80.9 Å². The summed E-state index contributed by atoms with van der Waals surface area (Å²) < 4.78 is 11.5. The Morgan fingerprint density at radius 2 is 1.79 bits per heavy atom. The van der Waals surface area contributed by atoms with Crippen LogP contribution < -0.4 is 10.2 Å². The second-order valence-electron chi connectivity index (χ2n) is 8.66. The van der Waals surface area contributed by atoms with Crippen molar-refractivity contribution in [1.82, 2.24) is 9.80 Å². The Balaban J connectivity index is 1.84. The molecule has 0 aliphatic carbocycles. The summed E-state index contributed by atoms with van der Waals surface area (Å²) >= 11 is 0. The fourth-order valence-electron chi connectivity index (χ4n) is 4.67. The lowest BCUT2D eigenvalue weighted by atomic mass is 9.97. The minimum absolute atomic E-state index is 0.137. The van der Waals surface area contributed by atoms with E-state index in [2.05, 4.69) is 18.7 Å². The Labute approximate surface area is 194 Å². The minimum atomic E-state index is -0.499. The van der Waals surface area contributed by atoms with Crippen LogP contribution in [0, 0.1) is 13.8 Å². The number of carbonyl (C=O) groups is 1. The third-order valence-corrected chi connectivity index (χ3v) is 6.76. The van der Waals surface area contributed by atoms with Crippen molar-refractivity contribution >= 4 is 16.9 Å². The number of carbonyl (C=O) groups excluding carboxylic acids is 1. The molecule has 174 valence electrons. The van der Waals surface area contributed by atoms with Gasteiger partial charge in [-0.25, -0.2) is 0 Å². The summed E-state index contributed by atoms with van der Waals surface area (Å²) in [7, 11) is 1.61. The highest BCUT2D eigenvalue weighted by Crippen LogP contribution is 2.39. The molecule has 0 bridgehead atoms.